The number of ether oxygens (including phenoxy) is 1. The Morgan fingerprint density at radius 3 is 2.65 bits per heavy atom. The second-order valence-corrected chi connectivity index (χ2v) is 9.43. The number of amides is 1. The molecule has 2 aliphatic rings. The van der Waals surface area contributed by atoms with Crippen LogP contribution < -0.4 is 0 Å². The molecular weight excluding hydrogens is 314 g/mol. The number of hydrogen-bond acceptors (Lipinski definition) is 4. The van der Waals surface area contributed by atoms with Crippen LogP contribution in [-0.2, 0) is 19.4 Å². The van der Waals surface area contributed by atoms with Gasteiger partial charge >= 0.3 is 0 Å². The fourth-order valence-electron chi connectivity index (χ4n) is 3.66. The third-order valence-electron chi connectivity index (χ3n) is 5.05. The van der Waals surface area contributed by atoms with Gasteiger partial charge < -0.3 is 9.64 Å². The van der Waals surface area contributed by atoms with Crippen LogP contribution in [0, 0.1) is 5.92 Å². The zero-order valence-electron chi connectivity index (χ0n) is 14.5. The van der Waals surface area contributed by atoms with Gasteiger partial charge in [0.25, 0.3) is 0 Å². The molecule has 0 aromatic heterocycles. The topological polar surface area (TPSA) is 63.7 Å². The van der Waals surface area contributed by atoms with Crippen molar-refractivity contribution in [3.63, 3.8) is 0 Å². The molecule has 1 heterocycles. The van der Waals surface area contributed by atoms with Gasteiger partial charge in [0.1, 0.15) is 6.61 Å². The summed E-state index contributed by atoms with van der Waals surface area (Å²) in [5.74, 6) is 0.941. The lowest BCUT2D eigenvalue weighted by atomic mass is 9.89. The van der Waals surface area contributed by atoms with Gasteiger partial charge in [-0.2, -0.15) is 0 Å². The summed E-state index contributed by atoms with van der Waals surface area (Å²) in [5, 5.41) is 0. The van der Waals surface area contributed by atoms with Gasteiger partial charge in [-0.05, 0) is 31.6 Å². The normalized spacial score (nSPS) is 30.3. The quantitative estimate of drug-likeness (QED) is 0.711. The molecule has 2 fully saturated rings. The molecule has 1 saturated carbocycles. The highest BCUT2D eigenvalue weighted by molar-refractivity contribution is 7.91. The maximum atomic E-state index is 12.6. The molecule has 3 atom stereocenters. The zero-order chi connectivity index (χ0) is 16.9. The summed E-state index contributed by atoms with van der Waals surface area (Å²) in [6.07, 6.45) is 7.12. The average molecular weight is 346 g/mol. The molecule has 1 aliphatic carbocycles. The van der Waals surface area contributed by atoms with Gasteiger partial charge in [0, 0.05) is 12.6 Å². The Hall–Kier alpha value is -0.620. The van der Waals surface area contributed by atoms with E-state index in [-0.39, 0.29) is 36.2 Å². The lowest BCUT2D eigenvalue weighted by molar-refractivity contribution is -0.141. The van der Waals surface area contributed by atoms with Crippen LogP contribution in [0.5, 0.6) is 0 Å². The Kier molecular flexibility index (Phi) is 6.89. The van der Waals surface area contributed by atoms with Crippen molar-refractivity contribution in [1.82, 2.24) is 4.90 Å². The smallest absolute Gasteiger partial charge is 0.248 e. The first kappa shape index (κ1) is 18.7. The molecule has 0 spiro atoms. The lowest BCUT2D eigenvalue weighted by Gasteiger charge is -2.30. The highest BCUT2D eigenvalue weighted by atomic mass is 32.2. The molecule has 0 radical (unpaired) electrons. The summed E-state index contributed by atoms with van der Waals surface area (Å²) in [6.45, 7) is 5.04. The standard InChI is InChI=1S/C17H31NO4S/c1-3-4-9-18(15-8-10-23(20,21)13-15)17(19)12-22-16-7-5-6-14(2)11-16/h14-16H,3-13H2,1-2H3. The Morgan fingerprint density at radius 1 is 1.26 bits per heavy atom. The monoisotopic (exact) mass is 345 g/mol. The molecule has 0 N–H and O–H groups in total. The molecule has 5 nitrogen and oxygen atoms in total. The Labute approximate surface area is 140 Å². The number of carbonyl (C=O) groups excluding carboxylic acids is 1. The number of nitrogens with zero attached hydrogens (tertiary/aromatic N) is 1. The SMILES string of the molecule is CCCCN(C(=O)COC1CCCC(C)C1)C1CCS(=O)(=O)C1. The van der Waals surface area contributed by atoms with Crippen molar-refractivity contribution in [3.05, 3.63) is 0 Å². The van der Waals surface area contributed by atoms with E-state index in [0.29, 0.717) is 18.9 Å². The second-order valence-electron chi connectivity index (χ2n) is 7.20. The molecule has 1 aliphatic heterocycles. The molecule has 0 bridgehead atoms. The molecule has 2 rings (SSSR count). The van der Waals surface area contributed by atoms with E-state index in [0.717, 1.165) is 25.7 Å². The van der Waals surface area contributed by atoms with E-state index in [1.54, 1.807) is 4.90 Å². The fraction of sp³-hybridized carbons (Fsp3) is 0.941. The summed E-state index contributed by atoms with van der Waals surface area (Å²) < 4.78 is 29.3. The van der Waals surface area contributed by atoms with E-state index in [4.69, 9.17) is 4.74 Å². The average Bonchev–Trinajstić information content (AvgIpc) is 2.85. The van der Waals surface area contributed by atoms with Crippen LogP contribution in [0.25, 0.3) is 0 Å². The molecular formula is C17H31NO4S. The highest BCUT2D eigenvalue weighted by Gasteiger charge is 2.34. The van der Waals surface area contributed by atoms with Crippen molar-refractivity contribution >= 4 is 15.7 Å². The van der Waals surface area contributed by atoms with Crippen molar-refractivity contribution in [1.29, 1.82) is 0 Å². The van der Waals surface area contributed by atoms with Crippen LogP contribution in [0.2, 0.25) is 0 Å². The van der Waals surface area contributed by atoms with Gasteiger partial charge in [-0.1, -0.05) is 33.1 Å². The van der Waals surface area contributed by atoms with Gasteiger partial charge in [-0.3, -0.25) is 4.79 Å². The van der Waals surface area contributed by atoms with Gasteiger partial charge in [0.05, 0.1) is 17.6 Å². The summed E-state index contributed by atoms with van der Waals surface area (Å²) in [6, 6.07) is -0.159. The van der Waals surface area contributed by atoms with Crippen LogP contribution in [0.3, 0.4) is 0 Å². The predicted octanol–water partition coefficient (Wildman–Crippen LogP) is 2.40. The largest absolute Gasteiger partial charge is 0.368 e. The minimum Gasteiger partial charge on any atom is -0.368 e. The van der Waals surface area contributed by atoms with E-state index in [9.17, 15) is 13.2 Å². The summed E-state index contributed by atoms with van der Waals surface area (Å²) in [5.41, 5.74) is 0. The number of hydrogen-bond donors (Lipinski definition) is 0. The number of unbranched alkanes of at least 4 members (excludes halogenated alkanes) is 1. The van der Waals surface area contributed by atoms with E-state index in [1.165, 1.54) is 12.8 Å². The first-order chi connectivity index (χ1) is 10.9. The van der Waals surface area contributed by atoms with Crippen LogP contribution in [-0.4, -0.2) is 56.0 Å². The van der Waals surface area contributed by atoms with E-state index >= 15 is 0 Å². The van der Waals surface area contributed by atoms with Crippen molar-refractivity contribution < 1.29 is 17.9 Å². The van der Waals surface area contributed by atoms with Gasteiger partial charge in [-0.15, -0.1) is 0 Å². The first-order valence-corrected chi connectivity index (χ1v) is 10.8. The van der Waals surface area contributed by atoms with Crippen molar-refractivity contribution in [2.24, 2.45) is 5.92 Å². The Balaban J connectivity index is 1.88. The second kappa shape index (κ2) is 8.47. The van der Waals surface area contributed by atoms with E-state index in [1.807, 2.05) is 0 Å². The van der Waals surface area contributed by atoms with Gasteiger partial charge in [-0.25, -0.2) is 8.42 Å². The van der Waals surface area contributed by atoms with Crippen molar-refractivity contribution in [3.8, 4) is 0 Å². The molecule has 6 heteroatoms. The van der Waals surface area contributed by atoms with Crippen molar-refractivity contribution in [2.75, 3.05) is 24.7 Å². The molecule has 23 heavy (non-hydrogen) atoms. The third-order valence-corrected chi connectivity index (χ3v) is 6.80. The maximum Gasteiger partial charge on any atom is 0.248 e. The summed E-state index contributed by atoms with van der Waals surface area (Å²) >= 11 is 0. The van der Waals surface area contributed by atoms with Crippen LogP contribution >= 0.6 is 0 Å². The van der Waals surface area contributed by atoms with E-state index in [2.05, 4.69) is 13.8 Å². The minimum atomic E-state index is -2.98. The molecule has 134 valence electrons. The van der Waals surface area contributed by atoms with Gasteiger partial charge in [0.2, 0.25) is 5.91 Å². The molecule has 1 amide bonds. The maximum absolute atomic E-state index is 12.6. The predicted molar refractivity (Wildman–Crippen MR) is 91.1 cm³/mol. The summed E-state index contributed by atoms with van der Waals surface area (Å²) in [7, 11) is -2.98. The minimum absolute atomic E-state index is 0.0428. The zero-order valence-corrected chi connectivity index (χ0v) is 15.3. The van der Waals surface area contributed by atoms with Gasteiger partial charge in [0.15, 0.2) is 9.84 Å². The fourth-order valence-corrected chi connectivity index (χ4v) is 5.39. The molecule has 0 aromatic carbocycles. The molecule has 3 unspecified atom stereocenters. The highest BCUT2D eigenvalue weighted by Crippen LogP contribution is 2.26. The first-order valence-electron chi connectivity index (χ1n) is 9.02. The number of sulfone groups is 1. The number of carbonyl (C=O) groups is 1. The Morgan fingerprint density at radius 2 is 2.04 bits per heavy atom. The Bertz CT molecular complexity index is 491. The molecule has 0 aromatic rings. The number of rotatable bonds is 7. The third kappa shape index (κ3) is 5.75. The molecule has 1 saturated heterocycles. The van der Waals surface area contributed by atoms with Crippen LogP contribution in [0.1, 0.15) is 58.8 Å². The summed E-state index contributed by atoms with van der Waals surface area (Å²) in [4.78, 5) is 14.3. The lowest BCUT2D eigenvalue weighted by Crippen LogP contribution is -2.44. The van der Waals surface area contributed by atoms with Crippen molar-refractivity contribution in [2.45, 2.75) is 70.9 Å². The van der Waals surface area contributed by atoms with Crippen LogP contribution in [0.4, 0.5) is 0 Å². The van der Waals surface area contributed by atoms with Crippen LogP contribution in [0.15, 0.2) is 0 Å². The van der Waals surface area contributed by atoms with E-state index < -0.39 is 9.84 Å².